The molecule has 2 nitrogen and oxygen atoms in total. The number of hydrogen-bond donors (Lipinski definition) is 0. The van der Waals surface area contributed by atoms with Gasteiger partial charge in [-0.1, -0.05) is 6.07 Å². The number of benzene rings is 2. The van der Waals surface area contributed by atoms with Crippen LogP contribution in [0.3, 0.4) is 0 Å². The molecular weight excluding hydrogens is 365 g/mol. The summed E-state index contributed by atoms with van der Waals surface area (Å²) in [5.41, 5.74) is -0.429. The van der Waals surface area contributed by atoms with E-state index in [2.05, 4.69) is 0 Å². The summed E-state index contributed by atoms with van der Waals surface area (Å²) in [4.78, 5) is 12.3. The average Bonchev–Trinajstić information content (AvgIpc) is 2.38. The van der Waals surface area contributed by atoms with Crippen molar-refractivity contribution in [2.75, 3.05) is 7.11 Å². The van der Waals surface area contributed by atoms with E-state index in [1.54, 1.807) is 12.1 Å². The zero-order chi connectivity index (χ0) is 14.0. The van der Waals surface area contributed by atoms with Crippen LogP contribution >= 0.6 is 22.6 Å². The van der Waals surface area contributed by atoms with Crippen LogP contribution in [0.15, 0.2) is 36.4 Å². The van der Waals surface area contributed by atoms with Crippen LogP contribution in [0.5, 0.6) is 5.75 Å². The van der Waals surface area contributed by atoms with Crippen LogP contribution in [0, 0.1) is 15.2 Å². The van der Waals surface area contributed by atoms with E-state index in [4.69, 9.17) is 4.74 Å². The molecule has 0 aliphatic rings. The number of hydrogen-bond acceptors (Lipinski definition) is 2. The number of ether oxygens (including phenoxy) is 1. The Morgan fingerprint density at radius 2 is 1.79 bits per heavy atom. The van der Waals surface area contributed by atoms with Crippen LogP contribution in [0.4, 0.5) is 8.78 Å². The molecule has 0 heterocycles. The lowest BCUT2D eigenvalue weighted by atomic mass is 10.0. The molecule has 0 saturated carbocycles. The Labute approximate surface area is 122 Å². The summed E-state index contributed by atoms with van der Waals surface area (Å²) >= 11 is 2.01. The predicted molar refractivity (Wildman–Crippen MR) is 75.5 cm³/mol. The number of rotatable bonds is 3. The summed E-state index contributed by atoms with van der Waals surface area (Å²) < 4.78 is 33.1. The van der Waals surface area contributed by atoms with Gasteiger partial charge in [-0.15, -0.1) is 0 Å². The Balaban J connectivity index is 2.59. The van der Waals surface area contributed by atoms with Crippen molar-refractivity contribution < 1.29 is 18.3 Å². The SMILES string of the molecule is COc1ccc(I)cc1C(=O)c1c(F)cccc1F. The third-order valence-corrected chi connectivity index (χ3v) is 3.27. The van der Waals surface area contributed by atoms with Gasteiger partial charge in [-0.05, 0) is 52.9 Å². The molecule has 98 valence electrons. The van der Waals surface area contributed by atoms with Crippen LogP contribution in [-0.2, 0) is 0 Å². The van der Waals surface area contributed by atoms with Crippen LogP contribution in [-0.4, -0.2) is 12.9 Å². The molecule has 0 spiro atoms. The predicted octanol–water partition coefficient (Wildman–Crippen LogP) is 3.81. The number of methoxy groups -OCH3 is 1. The Kier molecular flexibility index (Phi) is 4.14. The zero-order valence-corrected chi connectivity index (χ0v) is 12.1. The van der Waals surface area contributed by atoms with Gasteiger partial charge in [0.25, 0.3) is 0 Å². The maximum Gasteiger partial charge on any atom is 0.202 e. The lowest BCUT2D eigenvalue weighted by Gasteiger charge is -2.09. The number of ketones is 1. The Bertz CT molecular complexity index is 621. The second kappa shape index (κ2) is 5.64. The lowest BCUT2D eigenvalue weighted by Crippen LogP contribution is -2.09. The fourth-order valence-corrected chi connectivity index (χ4v) is 2.20. The van der Waals surface area contributed by atoms with E-state index in [-0.39, 0.29) is 11.3 Å². The molecule has 0 saturated heterocycles. The highest BCUT2D eigenvalue weighted by atomic mass is 127. The van der Waals surface area contributed by atoms with Gasteiger partial charge in [-0.2, -0.15) is 0 Å². The number of carbonyl (C=O) groups is 1. The van der Waals surface area contributed by atoms with Gasteiger partial charge in [0, 0.05) is 3.57 Å². The monoisotopic (exact) mass is 374 g/mol. The molecule has 0 aromatic heterocycles. The summed E-state index contributed by atoms with van der Waals surface area (Å²) in [5.74, 6) is -2.21. The second-order valence-electron chi connectivity index (χ2n) is 3.77. The Hall–Kier alpha value is -1.50. The highest BCUT2D eigenvalue weighted by Gasteiger charge is 2.21. The van der Waals surface area contributed by atoms with Gasteiger partial charge in [0.1, 0.15) is 17.4 Å². The zero-order valence-electron chi connectivity index (χ0n) is 9.91. The van der Waals surface area contributed by atoms with E-state index in [1.165, 1.54) is 19.2 Å². The third-order valence-electron chi connectivity index (χ3n) is 2.60. The van der Waals surface area contributed by atoms with Gasteiger partial charge in [-0.25, -0.2) is 8.78 Å². The van der Waals surface area contributed by atoms with E-state index < -0.39 is 23.0 Å². The van der Waals surface area contributed by atoms with Gasteiger partial charge >= 0.3 is 0 Å². The summed E-state index contributed by atoms with van der Waals surface area (Å²) in [5, 5.41) is 0. The first-order chi connectivity index (χ1) is 9.04. The summed E-state index contributed by atoms with van der Waals surface area (Å²) in [7, 11) is 1.40. The second-order valence-corrected chi connectivity index (χ2v) is 5.02. The lowest BCUT2D eigenvalue weighted by molar-refractivity contribution is 0.102. The molecule has 5 heteroatoms. The molecule has 2 rings (SSSR count). The van der Waals surface area contributed by atoms with E-state index in [1.807, 2.05) is 22.6 Å². The molecule has 0 fully saturated rings. The largest absolute Gasteiger partial charge is 0.496 e. The maximum absolute atomic E-state index is 13.6. The molecule has 2 aromatic rings. The number of carbonyl (C=O) groups excluding carboxylic acids is 1. The maximum atomic E-state index is 13.6. The number of halogens is 3. The van der Waals surface area contributed by atoms with Crippen molar-refractivity contribution >= 4 is 28.4 Å². The minimum Gasteiger partial charge on any atom is -0.496 e. The van der Waals surface area contributed by atoms with Gasteiger partial charge < -0.3 is 4.74 Å². The van der Waals surface area contributed by atoms with E-state index in [0.29, 0.717) is 0 Å². The van der Waals surface area contributed by atoms with Crippen molar-refractivity contribution in [1.82, 2.24) is 0 Å². The Morgan fingerprint density at radius 3 is 2.37 bits per heavy atom. The topological polar surface area (TPSA) is 26.3 Å². The van der Waals surface area contributed by atoms with Crippen LogP contribution in [0.2, 0.25) is 0 Å². The normalized spacial score (nSPS) is 10.3. The van der Waals surface area contributed by atoms with Gasteiger partial charge in [0.15, 0.2) is 0 Å². The molecule has 0 aliphatic carbocycles. The van der Waals surface area contributed by atoms with E-state index in [0.717, 1.165) is 15.7 Å². The van der Waals surface area contributed by atoms with Crippen molar-refractivity contribution in [1.29, 1.82) is 0 Å². The van der Waals surface area contributed by atoms with Crippen molar-refractivity contribution in [2.45, 2.75) is 0 Å². The first-order valence-electron chi connectivity index (χ1n) is 5.37. The first kappa shape index (κ1) is 13.9. The molecule has 0 atom stereocenters. The van der Waals surface area contributed by atoms with Crippen LogP contribution in [0.25, 0.3) is 0 Å². The average molecular weight is 374 g/mol. The molecule has 0 aliphatic heterocycles. The molecule has 0 bridgehead atoms. The van der Waals surface area contributed by atoms with Crippen molar-refractivity contribution in [3.8, 4) is 5.75 Å². The smallest absolute Gasteiger partial charge is 0.202 e. The third kappa shape index (κ3) is 2.75. The van der Waals surface area contributed by atoms with Crippen molar-refractivity contribution in [2.24, 2.45) is 0 Å². The van der Waals surface area contributed by atoms with E-state index >= 15 is 0 Å². The van der Waals surface area contributed by atoms with Gasteiger partial charge in [0.2, 0.25) is 5.78 Å². The summed E-state index contributed by atoms with van der Waals surface area (Å²) in [6, 6.07) is 8.19. The quantitative estimate of drug-likeness (QED) is 0.604. The van der Waals surface area contributed by atoms with Crippen LogP contribution in [0.1, 0.15) is 15.9 Å². The van der Waals surface area contributed by atoms with Crippen molar-refractivity contribution in [3.63, 3.8) is 0 Å². The first-order valence-corrected chi connectivity index (χ1v) is 6.44. The molecule has 19 heavy (non-hydrogen) atoms. The van der Waals surface area contributed by atoms with Gasteiger partial charge in [0.05, 0.1) is 18.2 Å². The van der Waals surface area contributed by atoms with Crippen molar-refractivity contribution in [3.05, 3.63) is 62.7 Å². The minimum atomic E-state index is -0.883. The summed E-state index contributed by atoms with van der Waals surface area (Å²) in [6.07, 6.45) is 0. The standard InChI is InChI=1S/C14H9F2IO2/c1-19-12-6-5-8(17)7-9(12)14(18)13-10(15)3-2-4-11(13)16/h2-7H,1H3. The molecular formula is C14H9F2IO2. The highest BCUT2D eigenvalue weighted by molar-refractivity contribution is 14.1. The van der Waals surface area contributed by atoms with Gasteiger partial charge in [-0.3, -0.25) is 4.79 Å². The minimum absolute atomic E-state index is 0.137. The summed E-state index contributed by atoms with van der Waals surface area (Å²) in [6.45, 7) is 0. The van der Waals surface area contributed by atoms with Crippen LogP contribution < -0.4 is 4.74 Å². The molecule has 0 amide bonds. The Morgan fingerprint density at radius 1 is 1.16 bits per heavy atom. The fraction of sp³-hybridized carbons (Fsp3) is 0.0714. The van der Waals surface area contributed by atoms with E-state index in [9.17, 15) is 13.6 Å². The molecule has 0 unspecified atom stereocenters. The highest BCUT2D eigenvalue weighted by Crippen LogP contribution is 2.26. The molecule has 0 radical (unpaired) electrons. The fourth-order valence-electron chi connectivity index (χ4n) is 1.71. The molecule has 2 aromatic carbocycles. The molecule has 0 N–H and O–H groups in total.